The number of hydrogen-bond donors (Lipinski definition) is 5. The summed E-state index contributed by atoms with van der Waals surface area (Å²) in [4.78, 5) is 77.4. The number of esters is 2. The number of H-pyrrole nitrogens is 1. The third kappa shape index (κ3) is 9.68. The van der Waals surface area contributed by atoms with E-state index in [9.17, 15) is 29.1 Å². The van der Waals surface area contributed by atoms with Gasteiger partial charge in [-0.25, -0.2) is 14.6 Å². The lowest BCUT2D eigenvalue weighted by atomic mass is 9.49. The molecule has 0 spiro atoms. The molecule has 5 N–H and O–H groups in total. The van der Waals surface area contributed by atoms with Crippen LogP contribution >= 0.6 is 0 Å². The highest BCUT2D eigenvalue weighted by molar-refractivity contribution is 6.11. The van der Waals surface area contributed by atoms with Gasteiger partial charge in [0, 0.05) is 18.7 Å². The maximum atomic E-state index is 14.5. The number of carbonyl (C=O) groups is 5. The third-order valence-electron chi connectivity index (χ3n) is 12.9. The van der Waals surface area contributed by atoms with E-state index in [0.29, 0.717) is 40.9 Å². The van der Waals surface area contributed by atoms with Crippen LogP contribution in [-0.4, -0.2) is 57.3 Å². The topological polar surface area (TPSA) is 189 Å². The van der Waals surface area contributed by atoms with Crippen LogP contribution in [0.4, 0.5) is 5.69 Å². The number of phenolic OH excluding ortho intramolecular Hbond substituents is 1. The van der Waals surface area contributed by atoms with Crippen LogP contribution in [0.5, 0.6) is 5.75 Å². The average Bonchev–Trinajstić information content (AvgIpc) is 3.77. The fraction of sp³-hybridized carbons (Fsp3) is 0.294. The zero-order chi connectivity index (χ0) is 44.2. The molecule has 326 valence electrons. The molecule has 0 unspecified atom stereocenters. The minimum atomic E-state index is -1.25. The number of phenols is 1. The molecule has 4 fully saturated rings. The third-order valence-corrected chi connectivity index (χ3v) is 12.9. The average molecular weight is 860 g/mol. The van der Waals surface area contributed by atoms with Crippen LogP contribution in [0.25, 0.3) is 11.0 Å². The lowest BCUT2D eigenvalue weighted by Gasteiger charge is -2.56. The normalized spacial score (nSPS) is 20.0. The van der Waals surface area contributed by atoms with Crippen LogP contribution in [0.15, 0.2) is 122 Å². The van der Waals surface area contributed by atoms with Crippen LogP contribution in [0, 0.1) is 23.2 Å². The molecule has 13 heteroatoms. The number of ether oxygens (including phenoxy) is 2. The van der Waals surface area contributed by atoms with E-state index in [2.05, 4.69) is 25.9 Å². The number of amides is 3. The van der Waals surface area contributed by atoms with Crippen molar-refractivity contribution in [2.24, 2.45) is 23.2 Å². The smallest absolute Gasteiger partial charge is 0.338 e. The lowest BCUT2D eigenvalue weighted by molar-refractivity contribution is -0.118. The zero-order valence-corrected chi connectivity index (χ0v) is 35.2. The molecule has 13 nitrogen and oxygen atoms in total. The monoisotopic (exact) mass is 859 g/mol. The quantitative estimate of drug-likeness (QED) is 0.0640. The number of nitrogens with one attached hydrogen (secondary N) is 4. The number of rotatable bonds is 15. The zero-order valence-electron chi connectivity index (χ0n) is 35.2. The first kappa shape index (κ1) is 42.0. The van der Waals surface area contributed by atoms with Crippen LogP contribution in [0.3, 0.4) is 0 Å². The van der Waals surface area contributed by atoms with Crippen molar-refractivity contribution < 1.29 is 38.6 Å². The molecule has 10 rings (SSSR count). The Hall–Kier alpha value is -7.28. The van der Waals surface area contributed by atoms with Crippen LogP contribution < -0.4 is 16.0 Å². The van der Waals surface area contributed by atoms with Crippen molar-refractivity contribution in [3.8, 4) is 5.75 Å². The van der Waals surface area contributed by atoms with Gasteiger partial charge in [-0.1, -0.05) is 72.8 Å². The molecule has 5 aromatic carbocycles. The molecular formula is C51H49N5O8. The summed E-state index contributed by atoms with van der Waals surface area (Å²) in [6.07, 6.45) is 8.62. The minimum Gasteiger partial charge on any atom is -0.508 e. The Kier molecular flexibility index (Phi) is 12.0. The standard InChI is InChI=1S/C51H49N5O8/c57-40-13-11-31(12-14-40)18-45(56-47(59)42-23-44-43(53-30-54-44)22-41(42)46(58)52-29-51-24-34-15-35(25-51)17-36(16-34)26-51)48(60)55-39-20-37(49(61)63-27-32-7-3-1-4-8-32)19-38(21-39)50(62)64-28-33-9-5-2-6-10-33/h1-14,19-23,30,34-36,45,57H,15-18,24-29H2,(H,52,58)(H,53,54)(H,55,60)(H,56,59)/t34?,35?,36?,45-,51?/m0/s1. The summed E-state index contributed by atoms with van der Waals surface area (Å²) in [6, 6.07) is 30.4. The second-order valence-electron chi connectivity index (χ2n) is 17.7. The number of nitrogens with zero attached hydrogens (tertiary/aromatic N) is 1. The Morgan fingerprint density at radius 1 is 0.688 bits per heavy atom. The van der Waals surface area contributed by atoms with Crippen molar-refractivity contribution in [1.29, 1.82) is 0 Å². The molecule has 0 saturated heterocycles. The molecule has 1 aromatic heterocycles. The second kappa shape index (κ2) is 18.2. The molecule has 64 heavy (non-hydrogen) atoms. The van der Waals surface area contributed by atoms with Gasteiger partial charge < -0.3 is 35.5 Å². The predicted octanol–water partition coefficient (Wildman–Crippen LogP) is 7.91. The van der Waals surface area contributed by atoms with E-state index >= 15 is 0 Å². The minimum absolute atomic E-state index is 0.0176. The van der Waals surface area contributed by atoms with E-state index in [1.54, 1.807) is 18.2 Å². The molecule has 6 aromatic rings. The Bertz CT molecular complexity index is 2590. The van der Waals surface area contributed by atoms with Crippen molar-refractivity contribution in [1.82, 2.24) is 20.6 Å². The Balaban J connectivity index is 0.977. The maximum Gasteiger partial charge on any atom is 0.338 e. The number of carbonyl (C=O) groups excluding carboxylic acids is 5. The molecule has 4 aliphatic carbocycles. The van der Waals surface area contributed by atoms with Gasteiger partial charge in [0.1, 0.15) is 25.0 Å². The lowest BCUT2D eigenvalue weighted by Crippen LogP contribution is -2.51. The van der Waals surface area contributed by atoms with Crippen molar-refractivity contribution in [2.75, 3.05) is 11.9 Å². The fourth-order valence-electron chi connectivity index (χ4n) is 10.3. The number of aromatic nitrogens is 2. The molecule has 3 amide bonds. The molecule has 4 aliphatic rings. The Morgan fingerprint density at radius 2 is 1.25 bits per heavy atom. The van der Waals surface area contributed by atoms with Crippen molar-refractivity contribution >= 4 is 46.4 Å². The molecular weight excluding hydrogens is 811 g/mol. The summed E-state index contributed by atoms with van der Waals surface area (Å²) in [5.41, 5.74) is 3.44. The highest BCUT2D eigenvalue weighted by Gasteiger charge is 2.50. The van der Waals surface area contributed by atoms with Gasteiger partial charge in [0.05, 0.1) is 39.6 Å². The van der Waals surface area contributed by atoms with Crippen LogP contribution in [0.1, 0.15) is 96.6 Å². The van der Waals surface area contributed by atoms with Gasteiger partial charge in [-0.3, -0.25) is 14.4 Å². The molecule has 1 atom stereocenters. The van der Waals surface area contributed by atoms with E-state index in [-0.39, 0.29) is 64.6 Å². The van der Waals surface area contributed by atoms with Gasteiger partial charge in [-0.15, -0.1) is 0 Å². The summed E-state index contributed by atoms with van der Waals surface area (Å²) in [7, 11) is 0. The number of benzene rings is 5. The fourth-order valence-corrected chi connectivity index (χ4v) is 10.3. The van der Waals surface area contributed by atoms with Gasteiger partial charge in [0.25, 0.3) is 11.8 Å². The molecule has 4 saturated carbocycles. The molecule has 0 aliphatic heterocycles. The van der Waals surface area contributed by atoms with Crippen molar-refractivity contribution in [3.05, 3.63) is 161 Å². The van der Waals surface area contributed by atoms with Gasteiger partial charge in [-0.2, -0.15) is 0 Å². The Morgan fingerprint density at radius 3 is 1.83 bits per heavy atom. The SMILES string of the molecule is O=C(OCc1ccccc1)c1cc(NC(=O)[C@H](Cc2ccc(O)cc2)NC(=O)c2cc3nc[nH]c3cc2C(=O)NCC23CC4CC(CC(C4)C2)C3)cc(C(=O)OCc2ccccc2)c1. The second-order valence-corrected chi connectivity index (χ2v) is 17.7. The van der Waals surface area contributed by atoms with Gasteiger partial charge in [0.2, 0.25) is 5.91 Å². The first-order valence-electron chi connectivity index (χ1n) is 21.8. The number of imidazole rings is 1. The first-order valence-corrected chi connectivity index (χ1v) is 21.8. The van der Waals surface area contributed by atoms with Crippen molar-refractivity contribution in [3.63, 3.8) is 0 Å². The van der Waals surface area contributed by atoms with Gasteiger partial charge in [0.15, 0.2) is 0 Å². The van der Waals surface area contributed by atoms with Crippen molar-refractivity contribution in [2.45, 2.75) is 64.2 Å². The number of fused-ring (bicyclic) bond motifs is 1. The van der Waals surface area contributed by atoms with Crippen LogP contribution in [-0.2, 0) is 33.9 Å². The number of aromatic amines is 1. The van der Waals surface area contributed by atoms with E-state index in [1.165, 1.54) is 62.0 Å². The summed E-state index contributed by atoms with van der Waals surface area (Å²) in [5.74, 6) is -1.11. The summed E-state index contributed by atoms with van der Waals surface area (Å²) < 4.78 is 11.2. The number of anilines is 1. The van der Waals surface area contributed by atoms with E-state index in [1.807, 2.05) is 60.7 Å². The number of hydrogen-bond acceptors (Lipinski definition) is 9. The highest BCUT2D eigenvalue weighted by Crippen LogP contribution is 2.59. The highest BCUT2D eigenvalue weighted by atomic mass is 16.5. The van der Waals surface area contributed by atoms with E-state index < -0.39 is 29.8 Å². The first-order chi connectivity index (χ1) is 31.0. The Labute approximate surface area is 370 Å². The summed E-state index contributed by atoms with van der Waals surface area (Å²) in [6.45, 7) is 0.470. The van der Waals surface area contributed by atoms with Gasteiger partial charge in [-0.05, 0) is 121 Å². The molecule has 1 heterocycles. The summed E-state index contributed by atoms with van der Waals surface area (Å²) >= 11 is 0. The number of aromatic hydroxyl groups is 1. The van der Waals surface area contributed by atoms with E-state index in [4.69, 9.17) is 9.47 Å². The summed E-state index contributed by atoms with van der Waals surface area (Å²) in [5, 5.41) is 18.9. The maximum absolute atomic E-state index is 14.5. The molecule has 0 radical (unpaired) electrons. The van der Waals surface area contributed by atoms with Crippen LogP contribution in [0.2, 0.25) is 0 Å². The van der Waals surface area contributed by atoms with Gasteiger partial charge >= 0.3 is 11.9 Å². The predicted molar refractivity (Wildman–Crippen MR) is 238 cm³/mol. The largest absolute Gasteiger partial charge is 0.508 e. The van der Waals surface area contributed by atoms with E-state index in [0.717, 1.165) is 30.4 Å². The molecule has 4 bridgehead atoms.